The van der Waals surface area contributed by atoms with Crippen LogP contribution in [-0.2, 0) is 0 Å². The van der Waals surface area contributed by atoms with E-state index in [0.717, 1.165) is 23.7 Å². The number of nitrogens with one attached hydrogen (secondary N) is 2. The highest BCUT2D eigenvalue weighted by Gasteiger charge is 2.14. The SMILES string of the molecule is CCNc1ncnc(NN(C)C)c1C(C)C. The van der Waals surface area contributed by atoms with Gasteiger partial charge in [-0.05, 0) is 12.8 Å². The lowest BCUT2D eigenvalue weighted by Crippen LogP contribution is -2.22. The molecule has 0 unspecified atom stereocenters. The summed E-state index contributed by atoms with van der Waals surface area (Å²) in [7, 11) is 3.89. The predicted molar refractivity (Wildman–Crippen MR) is 67.6 cm³/mol. The molecule has 0 aromatic carbocycles. The van der Waals surface area contributed by atoms with Crippen LogP contribution in [-0.4, -0.2) is 35.6 Å². The summed E-state index contributed by atoms with van der Waals surface area (Å²) in [6.45, 7) is 7.20. The first-order chi connectivity index (χ1) is 7.56. The quantitative estimate of drug-likeness (QED) is 0.747. The molecule has 0 amide bonds. The topological polar surface area (TPSA) is 53.1 Å². The third kappa shape index (κ3) is 3.06. The second-order valence-corrected chi connectivity index (χ2v) is 4.18. The standard InChI is InChI=1S/C11H21N5/c1-6-12-10-9(8(2)3)11(14-7-13-10)15-16(4)5/h7-8H,6H2,1-5H3,(H2,12,13,14,15). The second kappa shape index (κ2) is 5.65. The molecule has 16 heavy (non-hydrogen) atoms. The molecule has 0 fully saturated rings. The molecule has 90 valence electrons. The Kier molecular flexibility index (Phi) is 4.49. The summed E-state index contributed by atoms with van der Waals surface area (Å²) >= 11 is 0. The third-order valence-corrected chi connectivity index (χ3v) is 2.13. The molecule has 2 N–H and O–H groups in total. The Morgan fingerprint density at radius 2 is 1.88 bits per heavy atom. The van der Waals surface area contributed by atoms with Gasteiger partial charge in [0.2, 0.25) is 0 Å². The number of aromatic nitrogens is 2. The highest BCUT2D eigenvalue weighted by molar-refractivity contribution is 5.58. The summed E-state index contributed by atoms with van der Waals surface area (Å²) in [5.74, 6) is 2.15. The van der Waals surface area contributed by atoms with Gasteiger partial charge in [-0.2, -0.15) is 0 Å². The van der Waals surface area contributed by atoms with Crippen molar-refractivity contribution in [3.05, 3.63) is 11.9 Å². The van der Waals surface area contributed by atoms with Gasteiger partial charge in [-0.25, -0.2) is 15.0 Å². The van der Waals surface area contributed by atoms with E-state index in [-0.39, 0.29) is 0 Å². The van der Waals surface area contributed by atoms with Crippen LogP contribution in [0, 0.1) is 0 Å². The maximum absolute atomic E-state index is 4.28. The van der Waals surface area contributed by atoms with E-state index in [1.54, 1.807) is 6.33 Å². The van der Waals surface area contributed by atoms with Gasteiger partial charge < -0.3 is 10.7 Å². The van der Waals surface area contributed by atoms with Crippen LogP contribution in [0.15, 0.2) is 6.33 Å². The first-order valence-corrected chi connectivity index (χ1v) is 5.59. The van der Waals surface area contributed by atoms with E-state index in [1.165, 1.54) is 0 Å². The number of rotatable bonds is 5. The van der Waals surface area contributed by atoms with Crippen molar-refractivity contribution in [2.45, 2.75) is 26.7 Å². The molecular weight excluding hydrogens is 202 g/mol. The largest absolute Gasteiger partial charge is 0.370 e. The molecule has 0 atom stereocenters. The smallest absolute Gasteiger partial charge is 0.149 e. The summed E-state index contributed by atoms with van der Waals surface area (Å²) < 4.78 is 0. The number of hydrogen-bond acceptors (Lipinski definition) is 5. The summed E-state index contributed by atoms with van der Waals surface area (Å²) in [4.78, 5) is 8.56. The Labute approximate surface area is 97.3 Å². The van der Waals surface area contributed by atoms with Crippen molar-refractivity contribution in [3.8, 4) is 0 Å². The Bertz CT molecular complexity index is 335. The lowest BCUT2D eigenvalue weighted by molar-refractivity contribution is 0.490. The molecule has 0 aliphatic carbocycles. The van der Waals surface area contributed by atoms with Gasteiger partial charge in [-0.15, -0.1) is 0 Å². The molecule has 1 rings (SSSR count). The van der Waals surface area contributed by atoms with E-state index in [4.69, 9.17) is 0 Å². The highest BCUT2D eigenvalue weighted by atomic mass is 15.5. The molecule has 0 aliphatic heterocycles. The molecule has 0 spiro atoms. The molecule has 0 aliphatic rings. The van der Waals surface area contributed by atoms with Crippen molar-refractivity contribution >= 4 is 11.6 Å². The molecule has 1 heterocycles. The summed E-state index contributed by atoms with van der Waals surface area (Å²) in [6, 6.07) is 0. The first kappa shape index (κ1) is 12.7. The van der Waals surface area contributed by atoms with Crippen molar-refractivity contribution in [2.24, 2.45) is 0 Å². The lowest BCUT2D eigenvalue weighted by Gasteiger charge is -2.20. The molecular formula is C11H21N5. The van der Waals surface area contributed by atoms with E-state index < -0.39 is 0 Å². The summed E-state index contributed by atoms with van der Waals surface area (Å²) in [6.07, 6.45) is 1.58. The minimum absolute atomic E-state index is 0.373. The number of nitrogens with zero attached hydrogens (tertiary/aromatic N) is 3. The lowest BCUT2D eigenvalue weighted by atomic mass is 10.0. The van der Waals surface area contributed by atoms with Gasteiger partial charge in [-0.3, -0.25) is 0 Å². The van der Waals surface area contributed by atoms with Gasteiger partial charge in [0.15, 0.2) is 0 Å². The minimum atomic E-state index is 0.373. The Morgan fingerprint density at radius 3 is 2.38 bits per heavy atom. The normalized spacial score (nSPS) is 10.9. The van der Waals surface area contributed by atoms with Crippen LogP contribution in [0.1, 0.15) is 32.3 Å². The zero-order chi connectivity index (χ0) is 12.1. The van der Waals surface area contributed by atoms with E-state index in [2.05, 4.69) is 41.5 Å². The van der Waals surface area contributed by atoms with Gasteiger partial charge in [0, 0.05) is 26.2 Å². The number of hydrazine groups is 1. The average Bonchev–Trinajstić information content (AvgIpc) is 2.16. The first-order valence-electron chi connectivity index (χ1n) is 5.59. The van der Waals surface area contributed by atoms with Crippen LogP contribution >= 0.6 is 0 Å². The Morgan fingerprint density at radius 1 is 1.25 bits per heavy atom. The van der Waals surface area contributed by atoms with Gasteiger partial charge in [0.05, 0.1) is 0 Å². The van der Waals surface area contributed by atoms with E-state index >= 15 is 0 Å². The van der Waals surface area contributed by atoms with Crippen LogP contribution in [0.3, 0.4) is 0 Å². The van der Waals surface area contributed by atoms with Gasteiger partial charge in [0.1, 0.15) is 18.0 Å². The van der Waals surface area contributed by atoms with Gasteiger partial charge in [0.25, 0.3) is 0 Å². The molecule has 5 nitrogen and oxygen atoms in total. The maximum atomic E-state index is 4.28. The molecule has 0 saturated carbocycles. The average molecular weight is 223 g/mol. The molecule has 0 saturated heterocycles. The molecule has 1 aromatic rings. The molecule has 0 radical (unpaired) electrons. The second-order valence-electron chi connectivity index (χ2n) is 4.18. The highest BCUT2D eigenvalue weighted by Crippen LogP contribution is 2.28. The Balaban J connectivity index is 3.10. The minimum Gasteiger partial charge on any atom is -0.370 e. The van der Waals surface area contributed by atoms with Gasteiger partial charge >= 0.3 is 0 Å². The Hall–Kier alpha value is -1.36. The maximum Gasteiger partial charge on any atom is 0.149 e. The fraction of sp³-hybridized carbons (Fsp3) is 0.636. The van der Waals surface area contributed by atoms with Crippen molar-refractivity contribution in [2.75, 3.05) is 31.4 Å². The van der Waals surface area contributed by atoms with E-state index in [0.29, 0.717) is 5.92 Å². The summed E-state index contributed by atoms with van der Waals surface area (Å²) in [5, 5.41) is 5.14. The van der Waals surface area contributed by atoms with Gasteiger partial charge in [-0.1, -0.05) is 13.8 Å². The van der Waals surface area contributed by atoms with Crippen LogP contribution < -0.4 is 10.7 Å². The monoisotopic (exact) mass is 223 g/mol. The van der Waals surface area contributed by atoms with Crippen molar-refractivity contribution in [1.82, 2.24) is 15.0 Å². The van der Waals surface area contributed by atoms with E-state index in [1.807, 2.05) is 19.1 Å². The number of hydrogen-bond donors (Lipinski definition) is 2. The number of anilines is 2. The van der Waals surface area contributed by atoms with Crippen molar-refractivity contribution in [3.63, 3.8) is 0 Å². The molecule has 1 aromatic heterocycles. The fourth-order valence-corrected chi connectivity index (χ4v) is 1.55. The van der Waals surface area contributed by atoms with E-state index in [9.17, 15) is 0 Å². The van der Waals surface area contributed by atoms with Crippen LogP contribution in [0.25, 0.3) is 0 Å². The third-order valence-electron chi connectivity index (χ3n) is 2.13. The van der Waals surface area contributed by atoms with Crippen LogP contribution in [0.4, 0.5) is 11.6 Å². The predicted octanol–water partition coefficient (Wildman–Crippen LogP) is 1.92. The van der Waals surface area contributed by atoms with Crippen molar-refractivity contribution < 1.29 is 0 Å². The zero-order valence-electron chi connectivity index (χ0n) is 10.7. The molecule has 0 bridgehead atoms. The fourth-order valence-electron chi connectivity index (χ4n) is 1.55. The molecule has 5 heteroatoms. The zero-order valence-corrected chi connectivity index (χ0v) is 10.7. The summed E-state index contributed by atoms with van der Waals surface area (Å²) in [5.41, 5.74) is 4.32. The van der Waals surface area contributed by atoms with Crippen LogP contribution in [0.2, 0.25) is 0 Å². The van der Waals surface area contributed by atoms with Crippen molar-refractivity contribution in [1.29, 1.82) is 0 Å². The van der Waals surface area contributed by atoms with Crippen LogP contribution in [0.5, 0.6) is 0 Å².